The van der Waals surface area contributed by atoms with E-state index in [-0.39, 0.29) is 18.3 Å². The number of rotatable bonds is 5. The maximum Gasteiger partial charge on any atom is 0.224 e. The van der Waals surface area contributed by atoms with Crippen molar-refractivity contribution in [1.29, 1.82) is 0 Å². The molecule has 1 fully saturated rings. The number of nitrogens with one attached hydrogen (secondary N) is 2. The van der Waals surface area contributed by atoms with Crippen LogP contribution in [-0.4, -0.2) is 50.1 Å². The van der Waals surface area contributed by atoms with Gasteiger partial charge in [-0.25, -0.2) is 0 Å². The predicted octanol–water partition coefficient (Wildman–Crippen LogP) is 1.98. The van der Waals surface area contributed by atoms with Crippen LogP contribution in [0.3, 0.4) is 0 Å². The molecule has 0 aliphatic carbocycles. The van der Waals surface area contributed by atoms with Crippen LogP contribution in [0.2, 0.25) is 10.0 Å². The first kappa shape index (κ1) is 18.5. The average molecular weight is 353 g/mol. The normalized spacial score (nSPS) is 15.3. The third-order valence-corrected chi connectivity index (χ3v) is 4.05. The molecule has 1 aliphatic heterocycles. The molecule has 118 valence electrons. The minimum absolute atomic E-state index is 0. The van der Waals surface area contributed by atoms with Crippen LogP contribution < -0.4 is 10.6 Å². The quantitative estimate of drug-likeness (QED) is 0.852. The highest BCUT2D eigenvalue weighted by Crippen LogP contribution is 2.22. The number of nitrogens with zero attached hydrogens (tertiary/aromatic N) is 1. The second kappa shape index (κ2) is 9.49. The predicted molar refractivity (Wildman–Crippen MR) is 89.7 cm³/mol. The van der Waals surface area contributed by atoms with Gasteiger partial charge in [0.05, 0.1) is 16.5 Å². The minimum atomic E-state index is 0. The van der Waals surface area contributed by atoms with Gasteiger partial charge in [0.2, 0.25) is 5.91 Å². The SMILES string of the molecule is Cl.O=C(Cc1ccc(Cl)c(Cl)c1)NCCN1CCNCC1. The van der Waals surface area contributed by atoms with Crippen molar-refractivity contribution in [2.75, 3.05) is 39.3 Å². The number of carbonyl (C=O) groups excluding carboxylic acids is 1. The minimum Gasteiger partial charge on any atom is -0.355 e. The first-order chi connectivity index (χ1) is 9.65. The van der Waals surface area contributed by atoms with Crippen LogP contribution in [0.25, 0.3) is 0 Å². The number of benzene rings is 1. The molecule has 0 bridgehead atoms. The van der Waals surface area contributed by atoms with E-state index < -0.39 is 0 Å². The van der Waals surface area contributed by atoms with Crippen molar-refractivity contribution < 1.29 is 4.79 Å². The summed E-state index contributed by atoms with van der Waals surface area (Å²) < 4.78 is 0. The summed E-state index contributed by atoms with van der Waals surface area (Å²) in [7, 11) is 0. The molecule has 0 spiro atoms. The zero-order valence-electron chi connectivity index (χ0n) is 11.7. The van der Waals surface area contributed by atoms with Gasteiger partial charge in [0.1, 0.15) is 0 Å². The average Bonchev–Trinajstić information content (AvgIpc) is 2.44. The molecule has 21 heavy (non-hydrogen) atoms. The number of hydrogen-bond acceptors (Lipinski definition) is 3. The molecule has 0 saturated carbocycles. The van der Waals surface area contributed by atoms with E-state index >= 15 is 0 Å². The molecule has 2 rings (SSSR count). The summed E-state index contributed by atoms with van der Waals surface area (Å²) in [5, 5.41) is 7.23. The molecule has 0 unspecified atom stereocenters. The van der Waals surface area contributed by atoms with Gasteiger partial charge in [0, 0.05) is 39.3 Å². The van der Waals surface area contributed by atoms with Crippen LogP contribution in [0.5, 0.6) is 0 Å². The Hall–Kier alpha value is -0.520. The molecule has 1 aromatic carbocycles. The van der Waals surface area contributed by atoms with Crippen LogP contribution >= 0.6 is 35.6 Å². The summed E-state index contributed by atoms with van der Waals surface area (Å²) in [6.45, 7) is 5.72. The van der Waals surface area contributed by atoms with E-state index in [1.165, 1.54) is 0 Å². The van der Waals surface area contributed by atoms with Gasteiger partial charge in [0.25, 0.3) is 0 Å². The number of piperazine rings is 1. The summed E-state index contributed by atoms with van der Waals surface area (Å²) >= 11 is 11.8. The number of hydrogen-bond donors (Lipinski definition) is 2. The third-order valence-electron chi connectivity index (χ3n) is 3.31. The lowest BCUT2D eigenvalue weighted by Gasteiger charge is -2.27. The fourth-order valence-corrected chi connectivity index (χ4v) is 2.51. The Morgan fingerprint density at radius 2 is 1.95 bits per heavy atom. The van der Waals surface area contributed by atoms with Crippen LogP contribution in [0, 0.1) is 0 Å². The van der Waals surface area contributed by atoms with E-state index in [0.717, 1.165) is 38.3 Å². The molecule has 0 aromatic heterocycles. The lowest BCUT2D eigenvalue weighted by Crippen LogP contribution is -2.46. The summed E-state index contributed by atoms with van der Waals surface area (Å²) in [5.74, 6) is 0.0125. The molecule has 7 heteroatoms. The van der Waals surface area contributed by atoms with Gasteiger partial charge >= 0.3 is 0 Å². The molecule has 1 heterocycles. The van der Waals surface area contributed by atoms with E-state index in [9.17, 15) is 4.79 Å². The maximum absolute atomic E-state index is 11.8. The maximum atomic E-state index is 11.8. The van der Waals surface area contributed by atoms with Crippen LogP contribution in [0.4, 0.5) is 0 Å². The van der Waals surface area contributed by atoms with Gasteiger partial charge < -0.3 is 10.6 Å². The van der Waals surface area contributed by atoms with Crippen LogP contribution in [-0.2, 0) is 11.2 Å². The van der Waals surface area contributed by atoms with Gasteiger partial charge in [0.15, 0.2) is 0 Å². The van der Waals surface area contributed by atoms with Crippen molar-refractivity contribution >= 4 is 41.5 Å². The van der Waals surface area contributed by atoms with E-state index in [0.29, 0.717) is 23.0 Å². The Morgan fingerprint density at radius 3 is 2.62 bits per heavy atom. The first-order valence-corrected chi connectivity index (χ1v) is 7.54. The lowest BCUT2D eigenvalue weighted by atomic mass is 10.1. The second-order valence-electron chi connectivity index (χ2n) is 4.87. The van der Waals surface area contributed by atoms with Gasteiger partial charge in [-0.2, -0.15) is 0 Å². The molecule has 1 amide bonds. The number of halogens is 3. The molecule has 0 radical (unpaired) electrons. The van der Waals surface area contributed by atoms with E-state index in [1.807, 2.05) is 6.07 Å². The molecule has 1 saturated heterocycles. The molecule has 2 N–H and O–H groups in total. The highest BCUT2D eigenvalue weighted by molar-refractivity contribution is 6.42. The van der Waals surface area contributed by atoms with Crippen LogP contribution in [0.1, 0.15) is 5.56 Å². The Labute approximate surface area is 141 Å². The van der Waals surface area contributed by atoms with Gasteiger partial charge in [-0.3, -0.25) is 9.69 Å². The number of carbonyl (C=O) groups is 1. The van der Waals surface area contributed by atoms with E-state index in [2.05, 4.69) is 15.5 Å². The Morgan fingerprint density at radius 1 is 1.24 bits per heavy atom. The second-order valence-corrected chi connectivity index (χ2v) is 5.68. The molecule has 1 aliphatic rings. The van der Waals surface area contributed by atoms with E-state index in [4.69, 9.17) is 23.2 Å². The smallest absolute Gasteiger partial charge is 0.224 e. The van der Waals surface area contributed by atoms with E-state index in [1.54, 1.807) is 12.1 Å². The van der Waals surface area contributed by atoms with Gasteiger partial charge in [-0.15, -0.1) is 12.4 Å². The number of amides is 1. The third kappa shape index (κ3) is 6.41. The van der Waals surface area contributed by atoms with Crippen LogP contribution in [0.15, 0.2) is 18.2 Å². The molecular formula is C14H20Cl3N3O. The van der Waals surface area contributed by atoms with Crippen molar-refractivity contribution in [3.05, 3.63) is 33.8 Å². The zero-order valence-corrected chi connectivity index (χ0v) is 14.0. The Balaban J connectivity index is 0.00000220. The Bertz CT molecular complexity index is 465. The highest BCUT2D eigenvalue weighted by Gasteiger charge is 2.10. The van der Waals surface area contributed by atoms with Crippen molar-refractivity contribution in [2.24, 2.45) is 0 Å². The molecular weight excluding hydrogens is 333 g/mol. The summed E-state index contributed by atoms with van der Waals surface area (Å²) in [6, 6.07) is 5.27. The zero-order chi connectivity index (χ0) is 14.4. The monoisotopic (exact) mass is 351 g/mol. The summed E-state index contributed by atoms with van der Waals surface area (Å²) in [4.78, 5) is 14.2. The Kier molecular flexibility index (Phi) is 8.37. The summed E-state index contributed by atoms with van der Waals surface area (Å²) in [6.07, 6.45) is 0.332. The van der Waals surface area contributed by atoms with Crippen molar-refractivity contribution in [3.8, 4) is 0 Å². The van der Waals surface area contributed by atoms with Gasteiger partial charge in [-0.05, 0) is 17.7 Å². The standard InChI is InChI=1S/C14H19Cl2N3O.ClH/c15-12-2-1-11(9-13(12)16)10-14(20)18-5-8-19-6-3-17-4-7-19;/h1-2,9,17H,3-8,10H2,(H,18,20);1H. The topological polar surface area (TPSA) is 44.4 Å². The molecule has 1 aromatic rings. The first-order valence-electron chi connectivity index (χ1n) is 6.79. The fourth-order valence-electron chi connectivity index (χ4n) is 2.19. The largest absolute Gasteiger partial charge is 0.355 e. The van der Waals surface area contributed by atoms with Crippen molar-refractivity contribution in [1.82, 2.24) is 15.5 Å². The van der Waals surface area contributed by atoms with Crippen molar-refractivity contribution in [2.45, 2.75) is 6.42 Å². The summed E-state index contributed by atoms with van der Waals surface area (Å²) in [5.41, 5.74) is 0.874. The molecule has 0 atom stereocenters. The molecule has 4 nitrogen and oxygen atoms in total. The fraction of sp³-hybridized carbons (Fsp3) is 0.500. The highest BCUT2D eigenvalue weighted by atomic mass is 35.5. The lowest BCUT2D eigenvalue weighted by molar-refractivity contribution is -0.120. The van der Waals surface area contributed by atoms with Gasteiger partial charge in [-0.1, -0.05) is 29.3 Å². The van der Waals surface area contributed by atoms with Crippen molar-refractivity contribution in [3.63, 3.8) is 0 Å².